The van der Waals surface area contributed by atoms with Crippen LogP contribution in [0, 0.1) is 6.92 Å². The minimum absolute atomic E-state index is 0.0550. The highest BCUT2D eigenvalue weighted by Gasteiger charge is 2.24. The summed E-state index contributed by atoms with van der Waals surface area (Å²) in [6, 6.07) is 9.49. The Balaban J connectivity index is 1.83. The number of H-pyrrole nitrogens is 1. The summed E-state index contributed by atoms with van der Waals surface area (Å²) in [7, 11) is 0. The van der Waals surface area contributed by atoms with E-state index in [9.17, 15) is 4.79 Å². The number of aromatic nitrogens is 3. The van der Waals surface area contributed by atoms with E-state index in [1.165, 1.54) is 0 Å². The first kappa shape index (κ1) is 17.0. The van der Waals surface area contributed by atoms with E-state index in [1.807, 2.05) is 37.3 Å². The van der Waals surface area contributed by atoms with E-state index in [1.54, 1.807) is 11.1 Å². The maximum Gasteiger partial charge on any atom is 0.240 e. The summed E-state index contributed by atoms with van der Waals surface area (Å²) in [5.74, 6) is 0.818. The number of anilines is 2. The summed E-state index contributed by atoms with van der Waals surface area (Å²) in [4.78, 5) is 25.7. The summed E-state index contributed by atoms with van der Waals surface area (Å²) in [5, 5.41) is 0. The smallest absolute Gasteiger partial charge is 0.240 e. The maximum absolute atomic E-state index is 12.2. The highest BCUT2D eigenvalue weighted by molar-refractivity contribution is 5.97. The average Bonchev–Trinajstić information content (AvgIpc) is 3.08. The minimum atomic E-state index is -0.150. The zero-order valence-corrected chi connectivity index (χ0v) is 14.9. The topological polar surface area (TPSA) is 123 Å². The highest BCUT2D eigenvalue weighted by Crippen LogP contribution is 2.38. The molecule has 0 fully saturated rings. The molecule has 2 aromatic heterocycles. The monoisotopic (exact) mass is 364 g/mol. The molecule has 8 nitrogen and oxygen atoms in total. The second-order valence-electron chi connectivity index (χ2n) is 6.31. The molecular weight excluding hydrogens is 344 g/mol. The SMILES string of the molecule is Cc1cc(-c2[nH]c(N)nc2-c2ccc3c(c2)N(C(=O)CN)CCO3)ccn1. The van der Waals surface area contributed by atoms with Crippen molar-refractivity contribution in [1.82, 2.24) is 15.0 Å². The number of aromatic amines is 1. The third-order valence-electron chi connectivity index (χ3n) is 4.48. The lowest BCUT2D eigenvalue weighted by molar-refractivity contribution is -0.117. The van der Waals surface area contributed by atoms with Crippen molar-refractivity contribution in [3.05, 3.63) is 42.2 Å². The van der Waals surface area contributed by atoms with E-state index in [2.05, 4.69) is 15.0 Å². The maximum atomic E-state index is 12.2. The van der Waals surface area contributed by atoms with E-state index in [-0.39, 0.29) is 12.5 Å². The molecule has 138 valence electrons. The number of carbonyl (C=O) groups excluding carboxylic acids is 1. The van der Waals surface area contributed by atoms with Gasteiger partial charge in [0, 0.05) is 23.0 Å². The van der Waals surface area contributed by atoms with Gasteiger partial charge in [-0.25, -0.2) is 4.98 Å². The van der Waals surface area contributed by atoms with Crippen molar-refractivity contribution in [2.75, 3.05) is 30.3 Å². The number of aryl methyl sites for hydroxylation is 1. The van der Waals surface area contributed by atoms with Crippen LogP contribution in [-0.4, -0.2) is 40.6 Å². The third kappa shape index (κ3) is 3.11. The van der Waals surface area contributed by atoms with Crippen LogP contribution in [0.3, 0.4) is 0 Å². The molecule has 4 rings (SSSR count). The minimum Gasteiger partial charge on any atom is -0.490 e. The van der Waals surface area contributed by atoms with Crippen LogP contribution in [0.15, 0.2) is 36.5 Å². The first-order valence-corrected chi connectivity index (χ1v) is 8.63. The van der Waals surface area contributed by atoms with Crippen LogP contribution >= 0.6 is 0 Å². The molecule has 3 heterocycles. The number of benzene rings is 1. The third-order valence-corrected chi connectivity index (χ3v) is 4.48. The van der Waals surface area contributed by atoms with Crippen LogP contribution in [0.1, 0.15) is 5.69 Å². The van der Waals surface area contributed by atoms with Gasteiger partial charge in [-0.15, -0.1) is 0 Å². The van der Waals surface area contributed by atoms with Gasteiger partial charge < -0.3 is 26.1 Å². The van der Waals surface area contributed by atoms with Crippen molar-refractivity contribution in [2.24, 2.45) is 5.73 Å². The van der Waals surface area contributed by atoms with Crippen LogP contribution in [0.25, 0.3) is 22.5 Å². The number of rotatable bonds is 3. The van der Waals surface area contributed by atoms with Crippen LogP contribution in [-0.2, 0) is 4.79 Å². The molecule has 0 radical (unpaired) electrons. The Kier molecular flexibility index (Phi) is 4.25. The molecular formula is C19H20N6O2. The van der Waals surface area contributed by atoms with Crippen molar-refractivity contribution in [2.45, 2.75) is 6.92 Å². The molecule has 1 aliphatic heterocycles. The molecule has 0 atom stereocenters. The van der Waals surface area contributed by atoms with Gasteiger partial charge in [-0.3, -0.25) is 9.78 Å². The van der Waals surface area contributed by atoms with Gasteiger partial charge >= 0.3 is 0 Å². The van der Waals surface area contributed by atoms with Gasteiger partial charge in [0.1, 0.15) is 12.4 Å². The Morgan fingerprint density at radius 2 is 2.15 bits per heavy atom. The largest absolute Gasteiger partial charge is 0.490 e. The second-order valence-corrected chi connectivity index (χ2v) is 6.31. The molecule has 8 heteroatoms. The number of nitrogens with two attached hydrogens (primary N) is 2. The van der Waals surface area contributed by atoms with Gasteiger partial charge in [0.2, 0.25) is 5.91 Å². The van der Waals surface area contributed by atoms with E-state index in [4.69, 9.17) is 16.2 Å². The lowest BCUT2D eigenvalue weighted by Crippen LogP contribution is -2.41. The first-order valence-electron chi connectivity index (χ1n) is 8.63. The van der Waals surface area contributed by atoms with Gasteiger partial charge in [0.25, 0.3) is 0 Å². The molecule has 0 spiro atoms. The molecule has 1 aliphatic rings. The number of hydrogen-bond acceptors (Lipinski definition) is 6. The van der Waals surface area contributed by atoms with Gasteiger partial charge in [0.05, 0.1) is 30.2 Å². The highest BCUT2D eigenvalue weighted by atomic mass is 16.5. The number of hydrogen-bond donors (Lipinski definition) is 3. The van der Waals surface area contributed by atoms with Crippen molar-refractivity contribution >= 4 is 17.5 Å². The van der Waals surface area contributed by atoms with E-state index in [0.29, 0.717) is 36.2 Å². The Bertz CT molecular complexity index is 1010. The van der Waals surface area contributed by atoms with Crippen molar-refractivity contribution in [3.8, 4) is 28.3 Å². The first-order chi connectivity index (χ1) is 13.1. The number of fused-ring (bicyclic) bond motifs is 1. The second kappa shape index (κ2) is 6.73. The molecule has 1 aromatic carbocycles. The summed E-state index contributed by atoms with van der Waals surface area (Å²) >= 11 is 0. The summed E-state index contributed by atoms with van der Waals surface area (Å²) in [6.45, 7) is 2.77. The average molecular weight is 364 g/mol. The van der Waals surface area contributed by atoms with Crippen LogP contribution < -0.4 is 21.1 Å². The van der Waals surface area contributed by atoms with Gasteiger partial charge in [-0.05, 0) is 37.3 Å². The Hall–Kier alpha value is -3.39. The fourth-order valence-corrected chi connectivity index (χ4v) is 3.24. The Labute approximate surface area is 156 Å². The summed E-state index contributed by atoms with van der Waals surface area (Å²) in [6.07, 6.45) is 1.74. The zero-order chi connectivity index (χ0) is 19.0. The van der Waals surface area contributed by atoms with E-state index in [0.717, 1.165) is 22.5 Å². The number of ether oxygens (including phenoxy) is 1. The fourth-order valence-electron chi connectivity index (χ4n) is 3.24. The summed E-state index contributed by atoms with van der Waals surface area (Å²) in [5.41, 5.74) is 16.3. The number of nitrogens with zero attached hydrogens (tertiary/aromatic N) is 3. The molecule has 0 saturated carbocycles. The number of pyridine rings is 1. The molecule has 0 bridgehead atoms. The van der Waals surface area contributed by atoms with E-state index >= 15 is 0 Å². The predicted octanol–water partition coefficient (Wildman–Crippen LogP) is 1.71. The Morgan fingerprint density at radius 3 is 2.93 bits per heavy atom. The lowest BCUT2D eigenvalue weighted by atomic mass is 10.0. The van der Waals surface area contributed by atoms with Gasteiger partial charge in [-0.1, -0.05) is 0 Å². The Morgan fingerprint density at radius 1 is 1.30 bits per heavy atom. The summed E-state index contributed by atoms with van der Waals surface area (Å²) < 4.78 is 5.68. The molecule has 5 N–H and O–H groups in total. The molecule has 0 unspecified atom stereocenters. The predicted molar refractivity (Wildman–Crippen MR) is 103 cm³/mol. The van der Waals surface area contributed by atoms with Gasteiger partial charge in [0.15, 0.2) is 5.95 Å². The molecule has 0 aliphatic carbocycles. The van der Waals surface area contributed by atoms with Crippen molar-refractivity contribution < 1.29 is 9.53 Å². The standard InChI is InChI=1S/C19H20N6O2/c1-11-8-13(4-5-22-11)18-17(23-19(21)24-18)12-2-3-15-14(9-12)25(6-7-27-15)16(26)10-20/h2-5,8-9H,6-7,10,20H2,1H3,(H3,21,23,24). The molecule has 27 heavy (non-hydrogen) atoms. The molecule has 1 amide bonds. The number of carbonyl (C=O) groups is 1. The van der Waals surface area contributed by atoms with Gasteiger partial charge in [-0.2, -0.15) is 0 Å². The van der Waals surface area contributed by atoms with E-state index < -0.39 is 0 Å². The normalized spacial score (nSPS) is 13.2. The zero-order valence-electron chi connectivity index (χ0n) is 14.9. The number of amides is 1. The number of nitrogens with one attached hydrogen (secondary N) is 1. The number of nitrogen functional groups attached to an aromatic ring is 1. The molecule has 3 aromatic rings. The molecule has 0 saturated heterocycles. The number of imidazole rings is 1. The van der Waals surface area contributed by atoms with Crippen LogP contribution in [0.4, 0.5) is 11.6 Å². The lowest BCUT2D eigenvalue weighted by Gasteiger charge is -2.29. The van der Waals surface area contributed by atoms with Crippen molar-refractivity contribution in [3.63, 3.8) is 0 Å². The van der Waals surface area contributed by atoms with Crippen LogP contribution in [0.2, 0.25) is 0 Å². The van der Waals surface area contributed by atoms with Crippen LogP contribution in [0.5, 0.6) is 5.75 Å². The van der Waals surface area contributed by atoms with Crippen molar-refractivity contribution in [1.29, 1.82) is 0 Å². The quantitative estimate of drug-likeness (QED) is 0.650. The fraction of sp³-hybridized carbons (Fsp3) is 0.211.